The standard InChI is InChI=1S/C24H29NO5/c1-14-18-7-6-17(29-15(2)26)8-20(18)30-22(28)19(14)9-21(27)25-13-24(5)11-16(25)10-23(3,4)12-24/h6-8,16H,9-13H2,1-5H3. The quantitative estimate of drug-likeness (QED) is 0.433. The van der Waals surface area contributed by atoms with Gasteiger partial charge in [-0.15, -0.1) is 0 Å². The van der Waals surface area contributed by atoms with E-state index in [0.717, 1.165) is 36.8 Å². The van der Waals surface area contributed by atoms with Gasteiger partial charge in [0.2, 0.25) is 5.91 Å². The normalized spacial score (nSPS) is 24.8. The Morgan fingerprint density at radius 3 is 2.67 bits per heavy atom. The van der Waals surface area contributed by atoms with E-state index in [9.17, 15) is 14.4 Å². The van der Waals surface area contributed by atoms with Crippen molar-refractivity contribution in [1.82, 2.24) is 4.90 Å². The summed E-state index contributed by atoms with van der Waals surface area (Å²) in [7, 11) is 0. The maximum atomic E-state index is 13.2. The van der Waals surface area contributed by atoms with E-state index in [1.807, 2.05) is 11.8 Å². The van der Waals surface area contributed by atoms with Crippen LogP contribution in [0.25, 0.3) is 11.0 Å². The molecule has 1 saturated carbocycles. The van der Waals surface area contributed by atoms with Crippen LogP contribution in [0.3, 0.4) is 0 Å². The van der Waals surface area contributed by atoms with Gasteiger partial charge in [-0.05, 0) is 54.7 Å². The summed E-state index contributed by atoms with van der Waals surface area (Å²) < 4.78 is 10.6. The number of ether oxygens (including phenoxy) is 1. The molecule has 6 nitrogen and oxygen atoms in total. The molecule has 2 bridgehead atoms. The summed E-state index contributed by atoms with van der Waals surface area (Å²) in [5.74, 6) is -0.127. The highest BCUT2D eigenvalue weighted by molar-refractivity contribution is 5.86. The van der Waals surface area contributed by atoms with Gasteiger partial charge in [-0.2, -0.15) is 0 Å². The number of benzene rings is 1. The van der Waals surface area contributed by atoms with Crippen LogP contribution in [0.15, 0.2) is 27.4 Å². The lowest BCUT2D eigenvalue weighted by atomic mass is 9.65. The topological polar surface area (TPSA) is 76.8 Å². The lowest BCUT2D eigenvalue weighted by molar-refractivity contribution is -0.132. The largest absolute Gasteiger partial charge is 0.427 e. The van der Waals surface area contributed by atoms with Crippen molar-refractivity contribution in [3.63, 3.8) is 0 Å². The van der Waals surface area contributed by atoms with Gasteiger partial charge >= 0.3 is 11.6 Å². The number of likely N-dealkylation sites (tertiary alicyclic amines) is 1. The molecule has 1 saturated heterocycles. The second kappa shape index (κ2) is 6.96. The van der Waals surface area contributed by atoms with Crippen molar-refractivity contribution in [1.29, 1.82) is 0 Å². The molecule has 6 heteroatoms. The number of fused-ring (bicyclic) bond motifs is 3. The third-order valence-electron chi connectivity index (χ3n) is 6.58. The molecular weight excluding hydrogens is 382 g/mol. The van der Waals surface area contributed by atoms with E-state index in [4.69, 9.17) is 9.15 Å². The van der Waals surface area contributed by atoms with E-state index in [0.29, 0.717) is 16.9 Å². The van der Waals surface area contributed by atoms with E-state index < -0.39 is 11.6 Å². The van der Waals surface area contributed by atoms with Crippen LogP contribution in [0.5, 0.6) is 5.75 Å². The molecule has 2 atom stereocenters. The number of aryl methyl sites for hydroxylation is 1. The molecule has 0 spiro atoms. The molecule has 2 unspecified atom stereocenters. The van der Waals surface area contributed by atoms with Gasteiger partial charge in [0, 0.05) is 31.0 Å². The van der Waals surface area contributed by atoms with Crippen LogP contribution in [-0.4, -0.2) is 29.4 Å². The molecule has 1 aromatic carbocycles. The van der Waals surface area contributed by atoms with Crippen molar-refractivity contribution >= 4 is 22.8 Å². The third kappa shape index (κ3) is 3.75. The van der Waals surface area contributed by atoms with E-state index in [1.165, 1.54) is 13.0 Å². The van der Waals surface area contributed by atoms with Crippen LogP contribution in [0, 0.1) is 17.8 Å². The molecule has 160 valence electrons. The fraction of sp³-hybridized carbons (Fsp3) is 0.542. The molecule has 0 radical (unpaired) electrons. The van der Waals surface area contributed by atoms with Crippen LogP contribution < -0.4 is 10.4 Å². The predicted molar refractivity (Wildman–Crippen MR) is 113 cm³/mol. The summed E-state index contributed by atoms with van der Waals surface area (Å²) in [4.78, 5) is 39.1. The van der Waals surface area contributed by atoms with Gasteiger partial charge < -0.3 is 14.1 Å². The minimum Gasteiger partial charge on any atom is -0.427 e. The van der Waals surface area contributed by atoms with E-state index in [-0.39, 0.29) is 29.2 Å². The number of nitrogens with zero attached hydrogens (tertiary/aromatic N) is 1. The third-order valence-corrected chi connectivity index (χ3v) is 6.58. The number of hydrogen-bond acceptors (Lipinski definition) is 5. The molecule has 4 rings (SSSR count). The zero-order chi connectivity index (χ0) is 21.8. The first-order valence-electron chi connectivity index (χ1n) is 10.5. The van der Waals surface area contributed by atoms with Gasteiger partial charge in [-0.1, -0.05) is 20.8 Å². The maximum Gasteiger partial charge on any atom is 0.340 e. The van der Waals surface area contributed by atoms with Crippen LogP contribution in [0.4, 0.5) is 0 Å². The van der Waals surface area contributed by atoms with Gasteiger partial charge in [-0.3, -0.25) is 9.59 Å². The Kier molecular flexibility index (Phi) is 4.79. The second-order valence-electron chi connectivity index (χ2n) is 10.2. The lowest BCUT2D eigenvalue weighted by Gasteiger charge is -2.39. The average Bonchev–Trinajstić information content (AvgIpc) is 2.86. The smallest absolute Gasteiger partial charge is 0.340 e. The van der Waals surface area contributed by atoms with Gasteiger partial charge in [0.1, 0.15) is 11.3 Å². The van der Waals surface area contributed by atoms with Gasteiger partial charge in [0.05, 0.1) is 12.0 Å². The van der Waals surface area contributed by atoms with E-state index in [2.05, 4.69) is 20.8 Å². The number of carbonyl (C=O) groups excluding carboxylic acids is 2. The van der Waals surface area contributed by atoms with E-state index >= 15 is 0 Å². The van der Waals surface area contributed by atoms with Crippen molar-refractivity contribution in [2.75, 3.05) is 6.54 Å². The Bertz CT molecular complexity index is 1100. The molecule has 1 amide bonds. The molecule has 2 aromatic rings. The van der Waals surface area contributed by atoms with Crippen LogP contribution in [-0.2, 0) is 16.0 Å². The molecule has 1 aliphatic carbocycles. The van der Waals surface area contributed by atoms with Crippen LogP contribution in [0.2, 0.25) is 0 Å². The van der Waals surface area contributed by atoms with Gasteiger partial charge in [0.15, 0.2) is 0 Å². The highest BCUT2D eigenvalue weighted by Gasteiger charge is 2.50. The van der Waals surface area contributed by atoms with Crippen molar-refractivity contribution in [2.45, 2.75) is 66.3 Å². The monoisotopic (exact) mass is 411 g/mol. The zero-order valence-corrected chi connectivity index (χ0v) is 18.3. The SMILES string of the molecule is CC(=O)Oc1ccc2c(C)c(CC(=O)N3CC4(C)CC3CC(C)(C)C4)c(=O)oc2c1. The first-order valence-corrected chi connectivity index (χ1v) is 10.5. The molecule has 2 heterocycles. The Morgan fingerprint density at radius 1 is 1.23 bits per heavy atom. The number of rotatable bonds is 3. The fourth-order valence-corrected chi connectivity index (χ4v) is 5.81. The summed E-state index contributed by atoms with van der Waals surface area (Å²) in [6, 6.07) is 5.19. The molecule has 2 aliphatic rings. The Morgan fingerprint density at radius 2 is 1.97 bits per heavy atom. The second-order valence-corrected chi connectivity index (χ2v) is 10.2. The summed E-state index contributed by atoms with van der Waals surface area (Å²) in [5.41, 5.74) is 1.35. The van der Waals surface area contributed by atoms with Crippen molar-refractivity contribution in [3.05, 3.63) is 39.7 Å². The number of amides is 1. The molecule has 1 aliphatic heterocycles. The van der Waals surface area contributed by atoms with Gasteiger partial charge in [-0.25, -0.2) is 4.79 Å². The molecule has 2 fully saturated rings. The minimum atomic E-state index is -0.512. The Balaban J connectivity index is 1.62. The summed E-state index contributed by atoms with van der Waals surface area (Å²) >= 11 is 0. The van der Waals surface area contributed by atoms with Gasteiger partial charge in [0.25, 0.3) is 0 Å². The lowest BCUT2D eigenvalue weighted by Crippen LogP contribution is -2.39. The van der Waals surface area contributed by atoms with Crippen molar-refractivity contribution < 1.29 is 18.7 Å². The summed E-state index contributed by atoms with van der Waals surface area (Å²) in [5, 5.41) is 0.738. The molecular formula is C24H29NO5. The molecule has 1 aromatic heterocycles. The zero-order valence-electron chi connectivity index (χ0n) is 18.3. The van der Waals surface area contributed by atoms with Crippen LogP contribution in [0.1, 0.15) is 58.1 Å². The summed E-state index contributed by atoms with van der Waals surface area (Å²) in [6.45, 7) is 10.7. The first-order chi connectivity index (χ1) is 14.0. The van der Waals surface area contributed by atoms with E-state index in [1.54, 1.807) is 12.1 Å². The number of carbonyl (C=O) groups is 2. The van der Waals surface area contributed by atoms with Crippen molar-refractivity contribution in [3.8, 4) is 5.75 Å². The number of hydrogen-bond donors (Lipinski definition) is 0. The maximum absolute atomic E-state index is 13.2. The predicted octanol–water partition coefficient (Wildman–Crippen LogP) is 4.00. The highest BCUT2D eigenvalue weighted by Crippen LogP contribution is 2.52. The summed E-state index contributed by atoms with van der Waals surface area (Å²) in [6.07, 6.45) is 3.19. The van der Waals surface area contributed by atoms with Crippen molar-refractivity contribution in [2.24, 2.45) is 10.8 Å². The first kappa shape index (κ1) is 20.6. The minimum absolute atomic E-state index is 0.00675. The fourth-order valence-electron chi connectivity index (χ4n) is 5.81. The molecule has 0 N–H and O–H groups in total. The highest BCUT2D eigenvalue weighted by atomic mass is 16.5. The average molecular weight is 411 g/mol. The number of esters is 1. The van der Waals surface area contributed by atoms with Crippen LogP contribution >= 0.6 is 0 Å². The molecule has 30 heavy (non-hydrogen) atoms. The Labute approximate surface area is 176 Å². The Hall–Kier alpha value is -2.63.